The van der Waals surface area contributed by atoms with Gasteiger partial charge in [0.15, 0.2) is 0 Å². The molecule has 0 aliphatic carbocycles. The zero-order valence-corrected chi connectivity index (χ0v) is 9.57. The normalized spacial score (nSPS) is 9.31. The smallest absolute Gasteiger partial charge is 0.128 e. The van der Waals surface area contributed by atoms with E-state index in [1.54, 1.807) is 13.2 Å². The summed E-state index contributed by atoms with van der Waals surface area (Å²) in [5.41, 5.74) is 7.27. The van der Waals surface area contributed by atoms with Gasteiger partial charge in [-0.05, 0) is 12.1 Å². The third kappa shape index (κ3) is 2.41. The second-order valence-corrected chi connectivity index (χ2v) is 3.03. The number of ether oxygens (including phenoxy) is 1. The van der Waals surface area contributed by atoms with E-state index in [9.17, 15) is 0 Å². The predicted octanol–water partition coefficient (Wildman–Crippen LogP) is 2.16. The molecule has 16 heavy (non-hydrogen) atoms. The van der Waals surface area contributed by atoms with Crippen molar-refractivity contribution in [1.29, 1.82) is 0 Å². The quantitative estimate of drug-likeness (QED) is 0.870. The molecule has 1 aromatic carbocycles. The highest BCUT2D eigenvalue weighted by atomic mass is 35.5. The molecule has 1 aromatic heterocycles. The van der Waals surface area contributed by atoms with Crippen LogP contribution in [0.25, 0.3) is 11.3 Å². The highest BCUT2D eigenvalue weighted by Crippen LogP contribution is 2.27. The number of methoxy groups -OCH3 is 1. The van der Waals surface area contributed by atoms with Crippen LogP contribution in [0.2, 0.25) is 0 Å². The maximum atomic E-state index is 5.60. The Hall–Kier alpha value is -1.81. The summed E-state index contributed by atoms with van der Waals surface area (Å²) in [6, 6.07) is 9.37. The number of rotatable bonds is 2. The first-order valence-electron chi connectivity index (χ1n) is 4.52. The van der Waals surface area contributed by atoms with Gasteiger partial charge in [-0.2, -0.15) is 0 Å². The Labute approximate surface area is 99.9 Å². The lowest BCUT2D eigenvalue weighted by Gasteiger charge is -2.07. The molecule has 1 heterocycles. The number of halogens is 1. The van der Waals surface area contributed by atoms with Crippen LogP contribution in [0, 0.1) is 0 Å². The molecule has 84 valence electrons. The van der Waals surface area contributed by atoms with E-state index < -0.39 is 0 Å². The Morgan fingerprint density at radius 1 is 1.19 bits per heavy atom. The molecule has 0 atom stereocenters. The molecule has 2 aromatic rings. The van der Waals surface area contributed by atoms with Gasteiger partial charge in [-0.15, -0.1) is 12.4 Å². The standard InChI is InChI=1S/C11H11N3O.ClH/c1-15-10-5-3-2-4-8(10)9-6-11(12)14-7-13-9;/h2-7H,1H3,(H2,12,13,14);1H. The van der Waals surface area contributed by atoms with Gasteiger partial charge in [0.05, 0.1) is 12.8 Å². The van der Waals surface area contributed by atoms with E-state index in [0.29, 0.717) is 5.82 Å². The van der Waals surface area contributed by atoms with E-state index in [4.69, 9.17) is 10.5 Å². The largest absolute Gasteiger partial charge is 0.496 e. The van der Waals surface area contributed by atoms with Gasteiger partial charge in [0.2, 0.25) is 0 Å². The summed E-state index contributed by atoms with van der Waals surface area (Å²) in [5, 5.41) is 0. The molecular formula is C11H12ClN3O. The van der Waals surface area contributed by atoms with Crippen molar-refractivity contribution < 1.29 is 4.74 Å². The van der Waals surface area contributed by atoms with Crippen LogP contribution < -0.4 is 10.5 Å². The minimum atomic E-state index is 0. The SMILES string of the molecule is COc1ccccc1-c1cc(N)ncn1.Cl. The van der Waals surface area contributed by atoms with Crippen LogP contribution >= 0.6 is 12.4 Å². The van der Waals surface area contributed by atoms with Gasteiger partial charge in [-0.3, -0.25) is 0 Å². The Kier molecular flexibility index (Phi) is 4.08. The van der Waals surface area contributed by atoms with Crippen LogP contribution in [-0.2, 0) is 0 Å². The molecule has 0 saturated carbocycles. The van der Waals surface area contributed by atoms with Crippen molar-refractivity contribution in [2.45, 2.75) is 0 Å². The van der Waals surface area contributed by atoms with Gasteiger partial charge in [0, 0.05) is 11.6 Å². The van der Waals surface area contributed by atoms with Gasteiger partial charge >= 0.3 is 0 Å². The minimum absolute atomic E-state index is 0. The summed E-state index contributed by atoms with van der Waals surface area (Å²) in [6.07, 6.45) is 1.44. The molecule has 2 N–H and O–H groups in total. The first-order valence-corrected chi connectivity index (χ1v) is 4.52. The summed E-state index contributed by atoms with van der Waals surface area (Å²) in [5.74, 6) is 1.22. The minimum Gasteiger partial charge on any atom is -0.496 e. The lowest BCUT2D eigenvalue weighted by Crippen LogP contribution is -1.94. The summed E-state index contributed by atoms with van der Waals surface area (Å²) in [7, 11) is 1.63. The van der Waals surface area contributed by atoms with Crippen molar-refractivity contribution >= 4 is 18.2 Å². The van der Waals surface area contributed by atoms with Crippen molar-refractivity contribution in [3.63, 3.8) is 0 Å². The van der Waals surface area contributed by atoms with Gasteiger partial charge < -0.3 is 10.5 Å². The van der Waals surface area contributed by atoms with Crippen molar-refractivity contribution in [3.05, 3.63) is 36.7 Å². The number of anilines is 1. The fourth-order valence-electron chi connectivity index (χ4n) is 1.38. The van der Waals surface area contributed by atoms with Gasteiger partial charge in [0.25, 0.3) is 0 Å². The highest BCUT2D eigenvalue weighted by molar-refractivity contribution is 5.85. The van der Waals surface area contributed by atoms with E-state index in [-0.39, 0.29) is 12.4 Å². The van der Waals surface area contributed by atoms with Crippen LogP contribution in [0.3, 0.4) is 0 Å². The third-order valence-corrected chi connectivity index (χ3v) is 2.07. The zero-order valence-electron chi connectivity index (χ0n) is 8.75. The summed E-state index contributed by atoms with van der Waals surface area (Å²) >= 11 is 0. The maximum Gasteiger partial charge on any atom is 0.128 e. The topological polar surface area (TPSA) is 61.0 Å². The molecule has 0 aliphatic heterocycles. The molecule has 0 amide bonds. The van der Waals surface area contributed by atoms with Crippen LogP contribution in [0.5, 0.6) is 5.75 Å². The van der Waals surface area contributed by atoms with E-state index in [1.165, 1.54) is 6.33 Å². The lowest BCUT2D eigenvalue weighted by atomic mass is 10.1. The van der Waals surface area contributed by atoms with E-state index in [2.05, 4.69) is 9.97 Å². The number of nitrogen functional groups attached to an aromatic ring is 1. The molecule has 0 spiro atoms. The Balaban J connectivity index is 0.00000128. The van der Waals surface area contributed by atoms with Crippen LogP contribution in [0.15, 0.2) is 36.7 Å². The van der Waals surface area contributed by atoms with E-state index >= 15 is 0 Å². The molecule has 0 aliphatic rings. The van der Waals surface area contributed by atoms with Gasteiger partial charge in [-0.1, -0.05) is 12.1 Å². The molecular weight excluding hydrogens is 226 g/mol. The average molecular weight is 238 g/mol. The molecule has 0 radical (unpaired) electrons. The van der Waals surface area contributed by atoms with Crippen LogP contribution in [0.4, 0.5) is 5.82 Å². The Morgan fingerprint density at radius 3 is 2.62 bits per heavy atom. The number of nitrogens with two attached hydrogens (primary N) is 1. The maximum absolute atomic E-state index is 5.60. The molecule has 0 fully saturated rings. The highest BCUT2D eigenvalue weighted by Gasteiger charge is 2.05. The number of benzene rings is 1. The number of hydrogen-bond donors (Lipinski definition) is 1. The monoisotopic (exact) mass is 237 g/mol. The second kappa shape index (κ2) is 5.32. The first-order chi connectivity index (χ1) is 7.31. The Bertz CT molecular complexity index is 476. The summed E-state index contributed by atoms with van der Waals surface area (Å²) in [6.45, 7) is 0. The van der Waals surface area contributed by atoms with Gasteiger partial charge in [-0.25, -0.2) is 9.97 Å². The molecule has 4 nitrogen and oxygen atoms in total. The van der Waals surface area contributed by atoms with Crippen molar-refractivity contribution in [2.75, 3.05) is 12.8 Å². The summed E-state index contributed by atoms with van der Waals surface area (Å²) in [4.78, 5) is 7.99. The van der Waals surface area contributed by atoms with E-state index in [1.807, 2.05) is 24.3 Å². The number of hydrogen-bond acceptors (Lipinski definition) is 4. The number of nitrogens with zero attached hydrogens (tertiary/aromatic N) is 2. The number of aromatic nitrogens is 2. The first kappa shape index (κ1) is 12.3. The molecule has 5 heteroatoms. The fraction of sp³-hybridized carbons (Fsp3) is 0.0909. The van der Waals surface area contributed by atoms with Crippen LogP contribution in [-0.4, -0.2) is 17.1 Å². The second-order valence-electron chi connectivity index (χ2n) is 3.03. The summed E-state index contributed by atoms with van der Waals surface area (Å²) < 4.78 is 5.24. The van der Waals surface area contributed by atoms with Crippen molar-refractivity contribution in [2.24, 2.45) is 0 Å². The van der Waals surface area contributed by atoms with E-state index in [0.717, 1.165) is 17.0 Å². The molecule has 0 saturated heterocycles. The lowest BCUT2D eigenvalue weighted by molar-refractivity contribution is 0.416. The molecule has 0 unspecified atom stereocenters. The van der Waals surface area contributed by atoms with Gasteiger partial charge in [0.1, 0.15) is 17.9 Å². The predicted molar refractivity (Wildman–Crippen MR) is 65.7 cm³/mol. The zero-order chi connectivity index (χ0) is 10.7. The number of para-hydroxylation sites is 1. The molecule has 2 rings (SSSR count). The Morgan fingerprint density at radius 2 is 1.94 bits per heavy atom. The third-order valence-electron chi connectivity index (χ3n) is 2.07. The van der Waals surface area contributed by atoms with Crippen LogP contribution in [0.1, 0.15) is 0 Å². The molecule has 0 bridgehead atoms. The van der Waals surface area contributed by atoms with Crippen molar-refractivity contribution in [3.8, 4) is 17.0 Å². The van der Waals surface area contributed by atoms with Crippen molar-refractivity contribution in [1.82, 2.24) is 9.97 Å². The average Bonchev–Trinajstić information content (AvgIpc) is 2.29. The fourth-order valence-corrected chi connectivity index (χ4v) is 1.38.